The lowest BCUT2D eigenvalue weighted by Crippen LogP contribution is -2.53. The van der Waals surface area contributed by atoms with E-state index in [2.05, 4.69) is 6.07 Å². The van der Waals surface area contributed by atoms with Gasteiger partial charge in [-0.15, -0.1) is 0 Å². The van der Waals surface area contributed by atoms with Crippen LogP contribution in [0.2, 0.25) is 0 Å². The highest BCUT2D eigenvalue weighted by Crippen LogP contribution is 2.23. The standard InChI is InChI=1S/C18H25N3O3/c1-18(2,3)24-17(22)20-13-16(10-9-15(20)11-19)21(23)12-14-7-5-4-6-8-14/h4-8,15-16,23H,9-10,12-13H2,1-3H3/t15-,16+/m0/s1. The van der Waals surface area contributed by atoms with Gasteiger partial charge in [0.25, 0.3) is 0 Å². The maximum atomic E-state index is 12.4. The Morgan fingerprint density at radius 1 is 1.38 bits per heavy atom. The van der Waals surface area contributed by atoms with Crippen molar-refractivity contribution < 1.29 is 14.7 Å². The highest BCUT2D eigenvalue weighted by Gasteiger charge is 2.36. The molecule has 2 rings (SSSR count). The van der Waals surface area contributed by atoms with Crippen molar-refractivity contribution in [3.05, 3.63) is 35.9 Å². The monoisotopic (exact) mass is 331 g/mol. The molecule has 1 aromatic rings. The average molecular weight is 331 g/mol. The van der Waals surface area contributed by atoms with E-state index in [1.165, 1.54) is 9.96 Å². The lowest BCUT2D eigenvalue weighted by atomic mass is 9.99. The Balaban J connectivity index is 2.03. The van der Waals surface area contributed by atoms with Crippen molar-refractivity contribution in [1.29, 1.82) is 5.26 Å². The largest absolute Gasteiger partial charge is 0.444 e. The molecular weight excluding hydrogens is 306 g/mol. The number of hydroxylamine groups is 2. The Kier molecular flexibility index (Phi) is 5.81. The first-order valence-corrected chi connectivity index (χ1v) is 8.19. The fourth-order valence-corrected chi connectivity index (χ4v) is 2.75. The van der Waals surface area contributed by atoms with Crippen LogP contribution in [0.5, 0.6) is 0 Å². The number of piperidine rings is 1. The summed E-state index contributed by atoms with van der Waals surface area (Å²) in [6.45, 7) is 6.03. The smallest absolute Gasteiger partial charge is 0.411 e. The number of ether oxygens (including phenoxy) is 1. The number of carbonyl (C=O) groups excluding carboxylic acids is 1. The fraction of sp³-hybridized carbons (Fsp3) is 0.556. The van der Waals surface area contributed by atoms with Crippen LogP contribution in [0.15, 0.2) is 30.3 Å². The summed E-state index contributed by atoms with van der Waals surface area (Å²) in [7, 11) is 0. The summed E-state index contributed by atoms with van der Waals surface area (Å²) in [5.41, 5.74) is 0.374. The molecule has 1 fully saturated rings. The van der Waals surface area contributed by atoms with Gasteiger partial charge < -0.3 is 9.94 Å². The van der Waals surface area contributed by atoms with Gasteiger partial charge in [-0.2, -0.15) is 10.3 Å². The molecule has 0 aromatic heterocycles. The molecule has 6 nitrogen and oxygen atoms in total. The molecule has 1 heterocycles. The summed E-state index contributed by atoms with van der Waals surface area (Å²) in [6.07, 6.45) is 0.666. The second kappa shape index (κ2) is 7.65. The van der Waals surface area contributed by atoms with E-state index in [0.29, 0.717) is 19.4 Å². The van der Waals surface area contributed by atoms with Gasteiger partial charge in [-0.3, -0.25) is 4.90 Å². The van der Waals surface area contributed by atoms with Crippen LogP contribution in [-0.2, 0) is 11.3 Å². The van der Waals surface area contributed by atoms with Crippen molar-refractivity contribution >= 4 is 6.09 Å². The topological polar surface area (TPSA) is 76.8 Å². The molecule has 1 amide bonds. The third-order valence-electron chi connectivity index (χ3n) is 3.94. The molecule has 0 unspecified atom stereocenters. The van der Waals surface area contributed by atoms with Crippen molar-refractivity contribution in [2.24, 2.45) is 0 Å². The van der Waals surface area contributed by atoms with Crippen LogP contribution in [0.4, 0.5) is 4.79 Å². The van der Waals surface area contributed by atoms with E-state index in [1.807, 2.05) is 30.3 Å². The Morgan fingerprint density at radius 2 is 2.04 bits per heavy atom. The van der Waals surface area contributed by atoms with Gasteiger partial charge in [0.15, 0.2) is 0 Å². The minimum atomic E-state index is -0.618. The normalized spacial score (nSPS) is 21.4. The van der Waals surface area contributed by atoms with Crippen molar-refractivity contribution in [2.45, 2.75) is 57.8 Å². The van der Waals surface area contributed by atoms with Crippen LogP contribution in [-0.4, -0.2) is 45.5 Å². The van der Waals surface area contributed by atoms with Crippen LogP contribution in [0.25, 0.3) is 0 Å². The molecule has 1 N–H and O–H groups in total. The Hall–Kier alpha value is -2.10. The van der Waals surface area contributed by atoms with Crippen molar-refractivity contribution in [3.63, 3.8) is 0 Å². The maximum Gasteiger partial charge on any atom is 0.411 e. The zero-order chi connectivity index (χ0) is 17.7. The molecule has 0 spiro atoms. The van der Waals surface area contributed by atoms with Crippen molar-refractivity contribution in [3.8, 4) is 6.07 Å². The minimum absolute atomic E-state index is 0.220. The number of benzene rings is 1. The lowest BCUT2D eigenvalue weighted by Gasteiger charge is -2.39. The van der Waals surface area contributed by atoms with Crippen molar-refractivity contribution in [1.82, 2.24) is 9.96 Å². The zero-order valence-electron chi connectivity index (χ0n) is 14.5. The Bertz CT molecular complexity index is 592. The SMILES string of the molecule is CC(C)(C)OC(=O)N1C[C@H](N(O)Cc2ccccc2)CC[C@H]1C#N. The molecule has 1 aliphatic rings. The summed E-state index contributed by atoms with van der Waals surface area (Å²) in [6, 6.07) is 11.1. The maximum absolute atomic E-state index is 12.4. The van der Waals surface area contributed by atoms with E-state index >= 15 is 0 Å². The van der Waals surface area contributed by atoms with E-state index in [4.69, 9.17) is 4.74 Å². The van der Waals surface area contributed by atoms with Gasteiger partial charge in [0, 0.05) is 13.1 Å². The first-order chi connectivity index (χ1) is 11.3. The first-order valence-electron chi connectivity index (χ1n) is 8.19. The van der Waals surface area contributed by atoms with Crippen LogP contribution >= 0.6 is 0 Å². The minimum Gasteiger partial charge on any atom is -0.444 e. The molecule has 1 aliphatic heterocycles. The quantitative estimate of drug-likeness (QED) is 0.861. The van der Waals surface area contributed by atoms with Gasteiger partial charge in [-0.05, 0) is 39.2 Å². The predicted molar refractivity (Wildman–Crippen MR) is 89.1 cm³/mol. The second-order valence-electron chi connectivity index (χ2n) is 7.09. The average Bonchev–Trinajstić information content (AvgIpc) is 2.53. The molecule has 6 heteroatoms. The third-order valence-corrected chi connectivity index (χ3v) is 3.94. The molecule has 0 bridgehead atoms. The molecular formula is C18H25N3O3. The molecule has 0 radical (unpaired) electrons. The van der Waals surface area contributed by atoms with Crippen LogP contribution in [0, 0.1) is 11.3 Å². The van der Waals surface area contributed by atoms with Crippen LogP contribution in [0.1, 0.15) is 39.2 Å². The summed E-state index contributed by atoms with van der Waals surface area (Å²) < 4.78 is 5.39. The predicted octanol–water partition coefficient (Wildman–Crippen LogP) is 3.17. The summed E-state index contributed by atoms with van der Waals surface area (Å²) >= 11 is 0. The van der Waals surface area contributed by atoms with Gasteiger partial charge in [0.2, 0.25) is 0 Å². The Labute approximate surface area is 143 Å². The molecule has 24 heavy (non-hydrogen) atoms. The van der Waals surface area contributed by atoms with Gasteiger partial charge in [0.05, 0.1) is 12.1 Å². The highest BCUT2D eigenvalue weighted by molar-refractivity contribution is 5.69. The number of hydrogen-bond acceptors (Lipinski definition) is 5. The first kappa shape index (κ1) is 18.2. The molecule has 0 aliphatic carbocycles. The van der Waals surface area contributed by atoms with E-state index in [1.54, 1.807) is 20.8 Å². The lowest BCUT2D eigenvalue weighted by molar-refractivity contribution is -0.150. The fourth-order valence-electron chi connectivity index (χ4n) is 2.75. The zero-order valence-corrected chi connectivity index (χ0v) is 14.5. The number of amides is 1. The molecule has 0 saturated carbocycles. The van der Waals surface area contributed by atoms with E-state index < -0.39 is 17.7 Å². The number of nitrogens with zero attached hydrogens (tertiary/aromatic N) is 3. The summed E-state index contributed by atoms with van der Waals surface area (Å²) in [4.78, 5) is 13.8. The highest BCUT2D eigenvalue weighted by atomic mass is 16.6. The van der Waals surface area contributed by atoms with Gasteiger partial charge in [-0.25, -0.2) is 4.79 Å². The summed E-state index contributed by atoms with van der Waals surface area (Å²) in [5, 5.41) is 20.9. The molecule has 1 saturated heterocycles. The van der Waals surface area contributed by atoms with Gasteiger partial charge in [0.1, 0.15) is 11.6 Å². The third kappa shape index (κ3) is 4.95. The number of likely N-dealkylation sites (tertiary alicyclic amines) is 1. The van der Waals surface area contributed by atoms with Gasteiger partial charge >= 0.3 is 6.09 Å². The Morgan fingerprint density at radius 3 is 2.62 bits per heavy atom. The van der Waals surface area contributed by atoms with E-state index in [-0.39, 0.29) is 12.6 Å². The number of rotatable bonds is 3. The van der Waals surface area contributed by atoms with E-state index in [9.17, 15) is 15.3 Å². The molecule has 130 valence electrons. The number of hydrogen-bond donors (Lipinski definition) is 1. The molecule has 1 aromatic carbocycles. The second-order valence-corrected chi connectivity index (χ2v) is 7.09. The van der Waals surface area contributed by atoms with Crippen LogP contribution in [0.3, 0.4) is 0 Å². The van der Waals surface area contributed by atoms with Crippen LogP contribution < -0.4 is 0 Å². The number of nitriles is 1. The summed E-state index contributed by atoms with van der Waals surface area (Å²) in [5.74, 6) is 0. The molecule has 2 atom stereocenters. The number of carbonyl (C=O) groups is 1. The van der Waals surface area contributed by atoms with Gasteiger partial charge in [-0.1, -0.05) is 30.3 Å². The van der Waals surface area contributed by atoms with E-state index in [0.717, 1.165) is 5.56 Å². The van der Waals surface area contributed by atoms with Crippen molar-refractivity contribution in [2.75, 3.05) is 6.54 Å².